The Morgan fingerprint density at radius 1 is 1.61 bits per heavy atom. The molecule has 1 atom stereocenters. The maximum absolute atomic E-state index is 12.0. The summed E-state index contributed by atoms with van der Waals surface area (Å²) in [6.45, 7) is 6.21. The average molecular weight is 337 g/mol. The summed E-state index contributed by atoms with van der Waals surface area (Å²) in [6, 6.07) is 0. The molecule has 2 aromatic rings. The van der Waals surface area contributed by atoms with Crippen LogP contribution in [0.25, 0.3) is 0 Å². The second-order valence-electron chi connectivity index (χ2n) is 5.62. The predicted octanol–water partition coefficient (Wildman–Crippen LogP) is 0.792. The fraction of sp³-hybridized carbons (Fsp3) is 0.615. The van der Waals surface area contributed by atoms with Crippen molar-refractivity contribution in [2.75, 3.05) is 31.6 Å². The first kappa shape index (κ1) is 16.0. The third-order valence-corrected chi connectivity index (χ3v) is 4.07. The van der Waals surface area contributed by atoms with Crippen LogP contribution < -0.4 is 5.32 Å². The predicted molar refractivity (Wildman–Crippen MR) is 84.1 cm³/mol. The standard InChI is InChI=1S/C13H19N7O2S/c1-8(2)11-16-12(18-17-11)9-5-20(3-4-22-9)6-10(21)15-13-19-14-7-23-13/h7-9H,3-6H2,1-2H3,(H,15,19,21)(H,16,17,18)/t9-/m0/s1. The quantitative estimate of drug-likeness (QED) is 0.830. The number of nitrogens with one attached hydrogen (secondary N) is 2. The molecule has 0 bridgehead atoms. The Labute approximate surface area is 137 Å². The molecule has 1 fully saturated rings. The van der Waals surface area contributed by atoms with Gasteiger partial charge in [-0.2, -0.15) is 5.10 Å². The van der Waals surface area contributed by atoms with Crippen LogP contribution in [0.4, 0.5) is 5.13 Å². The summed E-state index contributed by atoms with van der Waals surface area (Å²) in [4.78, 5) is 18.5. The largest absolute Gasteiger partial charge is 0.368 e. The minimum absolute atomic E-state index is 0.108. The van der Waals surface area contributed by atoms with Gasteiger partial charge in [-0.1, -0.05) is 25.2 Å². The topological polar surface area (TPSA) is 109 Å². The number of H-pyrrole nitrogens is 1. The van der Waals surface area contributed by atoms with Gasteiger partial charge in [0.15, 0.2) is 11.6 Å². The second-order valence-corrected chi connectivity index (χ2v) is 6.45. The number of aromatic nitrogens is 5. The highest BCUT2D eigenvalue weighted by Crippen LogP contribution is 2.20. The molecule has 3 rings (SSSR count). The molecule has 0 aromatic carbocycles. The van der Waals surface area contributed by atoms with Crippen molar-refractivity contribution in [3.8, 4) is 0 Å². The van der Waals surface area contributed by atoms with Crippen LogP contribution in [0.2, 0.25) is 0 Å². The first-order chi connectivity index (χ1) is 11.1. The van der Waals surface area contributed by atoms with E-state index in [1.54, 1.807) is 5.51 Å². The summed E-state index contributed by atoms with van der Waals surface area (Å²) >= 11 is 1.30. The van der Waals surface area contributed by atoms with Gasteiger partial charge in [-0.25, -0.2) is 4.98 Å². The molecule has 9 nitrogen and oxygen atoms in total. The summed E-state index contributed by atoms with van der Waals surface area (Å²) in [5.41, 5.74) is 1.58. The molecule has 124 valence electrons. The number of carbonyl (C=O) groups is 1. The van der Waals surface area contributed by atoms with Crippen LogP contribution in [-0.4, -0.2) is 62.4 Å². The van der Waals surface area contributed by atoms with Crippen molar-refractivity contribution in [2.45, 2.75) is 25.9 Å². The summed E-state index contributed by atoms with van der Waals surface area (Å²) in [6.07, 6.45) is -0.196. The molecule has 1 saturated heterocycles. The fourth-order valence-corrected chi connectivity index (χ4v) is 2.75. The van der Waals surface area contributed by atoms with Gasteiger partial charge >= 0.3 is 0 Å². The van der Waals surface area contributed by atoms with E-state index in [0.29, 0.717) is 30.7 Å². The van der Waals surface area contributed by atoms with Crippen LogP contribution in [0.3, 0.4) is 0 Å². The van der Waals surface area contributed by atoms with Crippen molar-refractivity contribution in [2.24, 2.45) is 0 Å². The normalized spacial score (nSPS) is 19.2. The zero-order valence-electron chi connectivity index (χ0n) is 13.0. The van der Waals surface area contributed by atoms with E-state index in [9.17, 15) is 4.79 Å². The van der Waals surface area contributed by atoms with E-state index in [2.05, 4.69) is 30.7 Å². The molecule has 1 aliphatic rings. The maximum atomic E-state index is 12.0. The first-order valence-electron chi connectivity index (χ1n) is 7.44. The molecule has 23 heavy (non-hydrogen) atoms. The number of carbonyl (C=O) groups excluding carboxylic acids is 1. The molecule has 3 heterocycles. The van der Waals surface area contributed by atoms with Crippen LogP contribution in [0.15, 0.2) is 5.51 Å². The SMILES string of the molecule is CC(C)c1n[nH]c([C@@H]2CN(CC(=O)Nc3nncs3)CCO2)n1. The van der Waals surface area contributed by atoms with Crippen LogP contribution in [-0.2, 0) is 9.53 Å². The van der Waals surface area contributed by atoms with Gasteiger partial charge < -0.3 is 4.74 Å². The minimum atomic E-state index is -0.196. The van der Waals surface area contributed by atoms with E-state index in [4.69, 9.17) is 4.74 Å². The Balaban J connectivity index is 1.56. The van der Waals surface area contributed by atoms with Gasteiger partial charge in [-0.3, -0.25) is 20.1 Å². The van der Waals surface area contributed by atoms with Crippen molar-refractivity contribution >= 4 is 22.4 Å². The van der Waals surface area contributed by atoms with Gasteiger partial charge in [-0.15, -0.1) is 10.2 Å². The Bertz CT molecular complexity index is 643. The van der Waals surface area contributed by atoms with Gasteiger partial charge in [0.1, 0.15) is 11.6 Å². The summed E-state index contributed by atoms with van der Waals surface area (Å²) in [5.74, 6) is 1.64. The van der Waals surface area contributed by atoms with Crippen molar-refractivity contribution in [3.05, 3.63) is 17.2 Å². The van der Waals surface area contributed by atoms with Gasteiger partial charge in [-0.05, 0) is 0 Å². The zero-order chi connectivity index (χ0) is 16.2. The van der Waals surface area contributed by atoms with Gasteiger partial charge in [0.25, 0.3) is 0 Å². The summed E-state index contributed by atoms with van der Waals surface area (Å²) in [5, 5.41) is 17.9. The van der Waals surface area contributed by atoms with Gasteiger partial charge in [0, 0.05) is 19.0 Å². The second kappa shape index (κ2) is 7.11. The third-order valence-electron chi connectivity index (χ3n) is 3.47. The Hall–Kier alpha value is -1.91. The van der Waals surface area contributed by atoms with E-state index in [-0.39, 0.29) is 24.5 Å². The van der Waals surface area contributed by atoms with Crippen LogP contribution in [0, 0.1) is 0 Å². The smallest absolute Gasteiger partial charge is 0.240 e. The Morgan fingerprint density at radius 3 is 3.17 bits per heavy atom. The lowest BCUT2D eigenvalue weighted by molar-refractivity contribution is -0.119. The molecular formula is C13H19N7O2S. The minimum Gasteiger partial charge on any atom is -0.368 e. The lowest BCUT2D eigenvalue weighted by Crippen LogP contribution is -2.42. The van der Waals surface area contributed by atoms with Gasteiger partial charge in [0.05, 0.1) is 13.2 Å². The summed E-state index contributed by atoms with van der Waals surface area (Å²) in [7, 11) is 0. The molecule has 1 amide bonds. The molecule has 0 aliphatic carbocycles. The number of morpholine rings is 1. The van der Waals surface area contributed by atoms with Crippen LogP contribution in [0.5, 0.6) is 0 Å². The molecule has 2 N–H and O–H groups in total. The number of rotatable bonds is 5. The van der Waals surface area contributed by atoms with Crippen molar-refractivity contribution < 1.29 is 9.53 Å². The van der Waals surface area contributed by atoms with Crippen molar-refractivity contribution in [1.82, 2.24) is 30.3 Å². The van der Waals surface area contributed by atoms with E-state index in [0.717, 1.165) is 5.82 Å². The number of ether oxygens (including phenoxy) is 1. The highest BCUT2D eigenvalue weighted by Gasteiger charge is 2.26. The van der Waals surface area contributed by atoms with Crippen LogP contribution >= 0.6 is 11.3 Å². The van der Waals surface area contributed by atoms with E-state index in [1.807, 2.05) is 18.7 Å². The molecule has 2 aromatic heterocycles. The highest BCUT2D eigenvalue weighted by atomic mass is 32.1. The fourth-order valence-electron chi connectivity index (χ4n) is 2.29. The van der Waals surface area contributed by atoms with Crippen molar-refractivity contribution in [1.29, 1.82) is 0 Å². The van der Waals surface area contributed by atoms with Gasteiger partial charge in [0.2, 0.25) is 11.0 Å². The van der Waals surface area contributed by atoms with E-state index in [1.165, 1.54) is 11.3 Å². The lowest BCUT2D eigenvalue weighted by Gasteiger charge is -2.31. The van der Waals surface area contributed by atoms with Crippen LogP contribution in [0.1, 0.15) is 37.5 Å². The highest BCUT2D eigenvalue weighted by molar-refractivity contribution is 7.13. The number of hydrogen-bond donors (Lipinski definition) is 2. The summed E-state index contributed by atoms with van der Waals surface area (Å²) < 4.78 is 5.75. The lowest BCUT2D eigenvalue weighted by atomic mass is 10.2. The molecule has 10 heteroatoms. The van der Waals surface area contributed by atoms with E-state index < -0.39 is 0 Å². The zero-order valence-corrected chi connectivity index (χ0v) is 13.8. The monoisotopic (exact) mass is 337 g/mol. The number of anilines is 1. The first-order valence-corrected chi connectivity index (χ1v) is 8.32. The molecule has 0 saturated carbocycles. The number of hydrogen-bond acceptors (Lipinski definition) is 8. The number of nitrogens with zero attached hydrogens (tertiary/aromatic N) is 5. The average Bonchev–Trinajstić information content (AvgIpc) is 3.18. The van der Waals surface area contributed by atoms with E-state index >= 15 is 0 Å². The molecule has 0 spiro atoms. The molecule has 1 aliphatic heterocycles. The molecular weight excluding hydrogens is 318 g/mol. The van der Waals surface area contributed by atoms with Crippen molar-refractivity contribution in [3.63, 3.8) is 0 Å². The maximum Gasteiger partial charge on any atom is 0.240 e. The number of aromatic amines is 1. The Kier molecular flexibility index (Phi) is 4.94. The molecule has 0 unspecified atom stereocenters. The molecule has 0 radical (unpaired) electrons. The third kappa shape index (κ3) is 4.09. The Morgan fingerprint density at radius 2 is 2.48 bits per heavy atom. The number of amides is 1.